The monoisotopic (exact) mass is 216 g/mol. The van der Waals surface area contributed by atoms with Crippen LogP contribution in [0, 0.1) is 0 Å². The number of hydrogen-bond acceptors (Lipinski definition) is 2. The van der Waals surface area contributed by atoms with E-state index in [0.29, 0.717) is 5.56 Å². The van der Waals surface area contributed by atoms with E-state index >= 15 is 0 Å². The Morgan fingerprint density at radius 2 is 2.06 bits per heavy atom. The molecule has 1 amide bonds. The summed E-state index contributed by atoms with van der Waals surface area (Å²) < 4.78 is 30.5. The fourth-order valence-electron chi connectivity index (χ4n) is 1.48. The van der Waals surface area contributed by atoms with E-state index in [4.69, 9.17) is 11.2 Å². The SMILES string of the molecule is [2H]c1nc(C(C(N)=O)c2ccccc2)c([2H])c([2H])c1[2H]. The molecule has 3 nitrogen and oxygen atoms in total. The van der Waals surface area contributed by atoms with Crippen molar-refractivity contribution in [2.75, 3.05) is 0 Å². The van der Waals surface area contributed by atoms with E-state index < -0.39 is 30.1 Å². The molecule has 0 saturated carbocycles. The Labute approximate surface area is 99.6 Å². The van der Waals surface area contributed by atoms with Gasteiger partial charge in [0, 0.05) is 6.17 Å². The summed E-state index contributed by atoms with van der Waals surface area (Å²) in [6.45, 7) is 0. The van der Waals surface area contributed by atoms with Gasteiger partial charge in [0.05, 0.1) is 11.2 Å². The zero-order valence-electron chi connectivity index (χ0n) is 12.4. The van der Waals surface area contributed by atoms with Crippen molar-refractivity contribution in [3.63, 3.8) is 0 Å². The molecule has 80 valence electrons. The van der Waals surface area contributed by atoms with Gasteiger partial charge in [-0.15, -0.1) is 0 Å². The van der Waals surface area contributed by atoms with Gasteiger partial charge in [0.1, 0.15) is 5.92 Å². The molecule has 1 aromatic heterocycles. The Balaban J connectivity index is 2.66. The molecular formula is C13H12N2O. The number of pyridine rings is 1. The minimum absolute atomic E-state index is 0.0605. The summed E-state index contributed by atoms with van der Waals surface area (Å²) in [5, 5.41) is 0. The highest BCUT2D eigenvalue weighted by Crippen LogP contribution is 2.21. The Bertz CT molecular complexity index is 661. The maximum Gasteiger partial charge on any atom is 0.231 e. The predicted molar refractivity (Wildman–Crippen MR) is 61.7 cm³/mol. The summed E-state index contributed by atoms with van der Waals surface area (Å²) in [5.74, 6) is -1.72. The van der Waals surface area contributed by atoms with Crippen molar-refractivity contribution in [2.45, 2.75) is 5.92 Å². The first-order valence-electron chi connectivity index (χ1n) is 6.72. The highest BCUT2D eigenvalue weighted by atomic mass is 16.1. The normalized spacial score (nSPS) is 15.5. The van der Waals surface area contributed by atoms with Crippen LogP contribution in [0.2, 0.25) is 0 Å². The third kappa shape index (κ3) is 2.08. The molecular weight excluding hydrogens is 200 g/mol. The van der Waals surface area contributed by atoms with E-state index in [-0.39, 0.29) is 11.7 Å². The van der Waals surface area contributed by atoms with Crippen LogP contribution in [-0.2, 0) is 4.79 Å². The van der Waals surface area contributed by atoms with Crippen LogP contribution in [0.15, 0.2) is 54.6 Å². The van der Waals surface area contributed by atoms with Gasteiger partial charge < -0.3 is 5.73 Å². The molecule has 0 aliphatic rings. The molecule has 2 N–H and O–H groups in total. The first-order chi connectivity index (χ1) is 9.43. The van der Waals surface area contributed by atoms with Crippen LogP contribution in [0.3, 0.4) is 0 Å². The third-order valence-corrected chi connectivity index (χ3v) is 2.18. The lowest BCUT2D eigenvalue weighted by atomic mass is 9.95. The number of nitrogens with zero attached hydrogens (tertiary/aromatic N) is 1. The number of primary amides is 1. The van der Waals surface area contributed by atoms with Gasteiger partial charge in [0.15, 0.2) is 0 Å². The molecule has 3 heteroatoms. The number of carbonyl (C=O) groups is 1. The van der Waals surface area contributed by atoms with Crippen molar-refractivity contribution in [1.82, 2.24) is 4.98 Å². The van der Waals surface area contributed by atoms with Gasteiger partial charge >= 0.3 is 0 Å². The van der Waals surface area contributed by atoms with Crippen molar-refractivity contribution in [1.29, 1.82) is 0 Å². The Morgan fingerprint density at radius 3 is 2.75 bits per heavy atom. The maximum absolute atomic E-state index is 11.7. The van der Waals surface area contributed by atoms with Gasteiger partial charge in [-0.05, 0) is 17.6 Å². The third-order valence-electron chi connectivity index (χ3n) is 2.18. The van der Waals surface area contributed by atoms with E-state index in [1.54, 1.807) is 30.3 Å². The van der Waals surface area contributed by atoms with E-state index in [1.165, 1.54) is 0 Å². The molecule has 0 aliphatic heterocycles. The summed E-state index contributed by atoms with van der Waals surface area (Å²) in [5.41, 5.74) is 5.86. The van der Waals surface area contributed by atoms with Crippen molar-refractivity contribution in [3.8, 4) is 0 Å². The van der Waals surface area contributed by atoms with Crippen LogP contribution >= 0.6 is 0 Å². The fraction of sp³-hybridized carbons (Fsp3) is 0.0769. The fourth-order valence-corrected chi connectivity index (χ4v) is 1.48. The number of hydrogen-bond donors (Lipinski definition) is 1. The van der Waals surface area contributed by atoms with Crippen LogP contribution in [0.5, 0.6) is 0 Å². The van der Waals surface area contributed by atoms with E-state index in [1.807, 2.05) is 0 Å². The van der Waals surface area contributed by atoms with Gasteiger partial charge in [-0.25, -0.2) is 0 Å². The number of benzene rings is 1. The van der Waals surface area contributed by atoms with Gasteiger partial charge in [-0.1, -0.05) is 36.4 Å². The summed E-state index contributed by atoms with van der Waals surface area (Å²) in [6, 6.07) is 7.33. The average Bonchev–Trinajstić information content (AvgIpc) is 2.43. The minimum Gasteiger partial charge on any atom is -0.369 e. The highest BCUT2D eigenvalue weighted by molar-refractivity contribution is 5.85. The number of carbonyl (C=O) groups excluding carboxylic acids is 1. The molecule has 0 fully saturated rings. The summed E-state index contributed by atoms with van der Waals surface area (Å²) >= 11 is 0. The Kier molecular flexibility index (Phi) is 1.84. The van der Waals surface area contributed by atoms with Crippen molar-refractivity contribution >= 4 is 5.91 Å². The van der Waals surface area contributed by atoms with Crippen molar-refractivity contribution < 1.29 is 10.3 Å². The average molecular weight is 216 g/mol. The molecule has 0 aliphatic carbocycles. The van der Waals surface area contributed by atoms with Crippen LogP contribution in [-0.4, -0.2) is 10.9 Å². The molecule has 0 spiro atoms. The molecule has 2 aromatic rings. The second kappa shape index (κ2) is 4.57. The maximum atomic E-state index is 11.7. The smallest absolute Gasteiger partial charge is 0.231 e. The predicted octanol–water partition coefficient (Wildman–Crippen LogP) is 1.70. The lowest BCUT2D eigenvalue weighted by Crippen LogP contribution is -2.23. The molecule has 0 radical (unpaired) electrons. The zero-order valence-corrected chi connectivity index (χ0v) is 8.40. The Morgan fingerprint density at radius 1 is 1.31 bits per heavy atom. The second-order valence-electron chi connectivity index (χ2n) is 3.23. The van der Waals surface area contributed by atoms with Gasteiger partial charge in [0.2, 0.25) is 5.91 Å². The minimum atomic E-state index is -1.00. The van der Waals surface area contributed by atoms with Crippen LogP contribution in [0.1, 0.15) is 22.7 Å². The van der Waals surface area contributed by atoms with Crippen LogP contribution < -0.4 is 5.73 Å². The van der Waals surface area contributed by atoms with E-state index in [2.05, 4.69) is 4.98 Å². The zero-order chi connectivity index (χ0) is 14.9. The van der Waals surface area contributed by atoms with E-state index in [0.717, 1.165) is 0 Å². The van der Waals surface area contributed by atoms with Gasteiger partial charge in [0.25, 0.3) is 0 Å². The molecule has 1 unspecified atom stereocenters. The molecule has 0 saturated heterocycles. The van der Waals surface area contributed by atoms with Crippen LogP contribution in [0.25, 0.3) is 0 Å². The number of nitrogens with two attached hydrogens (primary N) is 1. The Hall–Kier alpha value is -2.16. The van der Waals surface area contributed by atoms with Gasteiger partial charge in [-0.3, -0.25) is 9.78 Å². The number of amides is 1. The summed E-state index contributed by atoms with van der Waals surface area (Å²) in [4.78, 5) is 15.5. The lowest BCUT2D eigenvalue weighted by Gasteiger charge is -2.12. The first kappa shape index (κ1) is 6.43. The molecule has 1 aromatic carbocycles. The number of aromatic nitrogens is 1. The topological polar surface area (TPSA) is 56.0 Å². The van der Waals surface area contributed by atoms with Crippen LogP contribution in [0.4, 0.5) is 0 Å². The van der Waals surface area contributed by atoms with Crippen molar-refractivity contribution in [3.05, 3.63) is 65.9 Å². The molecule has 0 bridgehead atoms. The largest absolute Gasteiger partial charge is 0.369 e. The second-order valence-corrected chi connectivity index (χ2v) is 3.23. The quantitative estimate of drug-likeness (QED) is 0.849. The van der Waals surface area contributed by atoms with Crippen molar-refractivity contribution in [2.24, 2.45) is 5.73 Å². The molecule has 2 rings (SSSR count). The highest BCUT2D eigenvalue weighted by Gasteiger charge is 2.20. The molecule has 1 heterocycles. The summed E-state index contributed by atoms with van der Waals surface area (Å²) in [6.07, 6.45) is -0.441. The lowest BCUT2D eigenvalue weighted by molar-refractivity contribution is -0.118. The standard InChI is InChI=1S/C13H12N2O/c14-13(16)12(10-6-2-1-3-7-10)11-8-4-5-9-15-11/h1-9,12H,(H2,14,16)/i4D,5D,8D,9D. The molecule has 1 atom stereocenters. The van der Waals surface area contributed by atoms with E-state index in [9.17, 15) is 4.79 Å². The summed E-state index contributed by atoms with van der Waals surface area (Å²) in [7, 11) is 0. The first-order valence-corrected chi connectivity index (χ1v) is 4.72. The number of rotatable bonds is 3. The molecule has 16 heavy (non-hydrogen) atoms. The van der Waals surface area contributed by atoms with Gasteiger partial charge in [-0.2, -0.15) is 0 Å².